The van der Waals surface area contributed by atoms with Crippen molar-refractivity contribution in [2.45, 2.75) is 84.7 Å². The summed E-state index contributed by atoms with van der Waals surface area (Å²) >= 11 is 0. The molecule has 15 heteroatoms. The van der Waals surface area contributed by atoms with Gasteiger partial charge in [-0.3, -0.25) is 9.59 Å². The van der Waals surface area contributed by atoms with E-state index in [4.69, 9.17) is 28.8 Å². The number of fused-ring (bicyclic) bond motifs is 1. The van der Waals surface area contributed by atoms with E-state index in [9.17, 15) is 14.4 Å². The third-order valence-electron chi connectivity index (χ3n) is 7.54. The van der Waals surface area contributed by atoms with E-state index >= 15 is 0 Å². The first kappa shape index (κ1) is 35.4. The summed E-state index contributed by atoms with van der Waals surface area (Å²) in [5, 5.41) is 4.63. The maximum Gasteiger partial charge on any atom is 0.410 e. The monoisotopic (exact) mass is 662 g/mol. The fraction of sp³-hybridized carbons (Fsp3) is 0.710. The summed E-state index contributed by atoms with van der Waals surface area (Å²) in [6.07, 6.45) is 3.08. The lowest BCUT2D eigenvalue weighted by molar-refractivity contribution is -0.143. The lowest BCUT2D eigenvalue weighted by atomic mass is 10.1. The zero-order valence-electron chi connectivity index (χ0n) is 28.4. The highest BCUT2D eigenvalue weighted by Gasteiger charge is 2.31. The van der Waals surface area contributed by atoms with Crippen molar-refractivity contribution in [3.63, 3.8) is 0 Å². The number of piperazine rings is 1. The number of nitrogens with zero attached hydrogens (tertiary/aromatic N) is 6. The molecule has 2 aliphatic heterocycles. The molecule has 46 heavy (non-hydrogen) atoms. The van der Waals surface area contributed by atoms with Gasteiger partial charge in [-0.1, -0.05) is 25.7 Å². The van der Waals surface area contributed by atoms with Crippen molar-refractivity contribution < 1.29 is 33.4 Å². The molecule has 1 amide bonds. The first-order chi connectivity index (χ1) is 21.8. The van der Waals surface area contributed by atoms with Crippen LogP contribution in [0.15, 0.2) is 10.9 Å². The molecule has 0 radical (unpaired) electrons. The van der Waals surface area contributed by atoms with Gasteiger partial charge in [-0.25, -0.2) is 4.79 Å². The molecule has 1 saturated heterocycles. The molecule has 0 unspecified atom stereocenters. The van der Waals surface area contributed by atoms with Gasteiger partial charge in [0.05, 0.1) is 25.5 Å². The second kappa shape index (κ2) is 15.4. The van der Waals surface area contributed by atoms with Gasteiger partial charge in [-0.05, 0) is 58.6 Å². The van der Waals surface area contributed by atoms with E-state index in [1.165, 1.54) is 9.25 Å². The van der Waals surface area contributed by atoms with Crippen molar-refractivity contribution in [2.24, 2.45) is 0 Å². The number of amides is 1. The molecule has 0 bridgehead atoms. The zero-order valence-corrected chi connectivity index (χ0v) is 29.4. The van der Waals surface area contributed by atoms with Crippen LogP contribution >= 0.6 is 0 Å². The van der Waals surface area contributed by atoms with Gasteiger partial charge in [-0.15, -0.1) is 9.83 Å². The molecular formula is C31H50N6O8Si. The van der Waals surface area contributed by atoms with E-state index in [-0.39, 0.29) is 36.6 Å². The van der Waals surface area contributed by atoms with Crippen LogP contribution in [-0.2, 0) is 30.2 Å². The van der Waals surface area contributed by atoms with E-state index in [2.05, 4.69) is 24.7 Å². The van der Waals surface area contributed by atoms with Crippen molar-refractivity contribution in [3.05, 3.63) is 27.9 Å². The Balaban J connectivity index is 1.72. The normalized spacial score (nSPS) is 16.0. The lowest BCUT2D eigenvalue weighted by Crippen LogP contribution is -2.52. The second-order valence-electron chi connectivity index (χ2n) is 13.7. The summed E-state index contributed by atoms with van der Waals surface area (Å²) in [5.41, 5.74) is 0.875. The van der Waals surface area contributed by atoms with E-state index in [1.54, 1.807) is 11.8 Å². The minimum atomic E-state index is -1.32. The van der Waals surface area contributed by atoms with Gasteiger partial charge in [0, 0.05) is 47.3 Å². The summed E-state index contributed by atoms with van der Waals surface area (Å²) in [6, 6.07) is 0.973. The van der Waals surface area contributed by atoms with Crippen molar-refractivity contribution in [1.29, 1.82) is 0 Å². The van der Waals surface area contributed by atoms with Gasteiger partial charge in [0.1, 0.15) is 11.3 Å². The van der Waals surface area contributed by atoms with Crippen molar-refractivity contribution in [2.75, 3.05) is 64.3 Å². The Kier molecular flexibility index (Phi) is 11.9. The van der Waals surface area contributed by atoms with Crippen molar-refractivity contribution >= 4 is 37.2 Å². The molecule has 0 N–H and O–H groups in total. The van der Waals surface area contributed by atoms with Gasteiger partial charge < -0.3 is 33.6 Å². The molecule has 256 valence electrons. The maximum absolute atomic E-state index is 14.3. The molecule has 2 aromatic rings. The van der Waals surface area contributed by atoms with Gasteiger partial charge in [0.25, 0.3) is 11.3 Å². The standard InChI is InChI=1S/C31H50N6O8Si/c1-8-43-25(38)11-9-10-24-26(34-14-16-35(17-15-34)30(40)45-31(2,3)4)28(39)36-29(32-27(33-36)23-12-18-41-19-13-23)37(24)44-22-42-20-21-46(5,6)7/h12H,8-11,13-22H2,1-7H3. The number of rotatable bonds is 13. The summed E-state index contributed by atoms with van der Waals surface area (Å²) < 4.78 is 24.9. The number of carbonyl (C=O) groups excluding carboxylic acids is 2. The Bertz CT molecular complexity index is 1450. The fourth-order valence-corrected chi connectivity index (χ4v) is 5.91. The summed E-state index contributed by atoms with van der Waals surface area (Å²) in [6.45, 7) is 17.4. The predicted molar refractivity (Wildman–Crippen MR) is 176 cm³/mol. The van der Waals surface area contributed by atoms with E-state index in [0.717, 1.165) is 11.6 Å². The number of esters is 1. The van der Waals surface area contributed by atoms with Gasteiger partial charge in [0.15, 0.2) is 5.82 Å². The molecule has 0 saturated carbocycles. The molecule has 0 spiro atoms. The van der Waals surface area contributed by atoms with Crippen LogP contribution in [0.3, 0.4) is 0 Å². The topological polar surface area (TPSA) is 139 Å². The molecule has 0 aromatic carbocycles. The smallest absolute Gasteiger partial charge is 0.410 e. The fourth-order valence-electron chi connectivity index (χ4n) is 5.15. The number of carbonyl (C=O) groups is 2. The molecule has 4 rings (SSSR count). The third-order valence-corrected chi connectivity index (χ3v) is 9.25. The Morgan fingerprint density at radius 1 is 1.11 bits per heavy atom. The van der Waals surface area contributed by atoms with E-state index in [1.807, 2.05) is 31.7 Å². The number of ether oxygens (including phenoxy) is 4. The largest absolute Gasteiger partial charge is 0.466 e. The second-order valence-corrected chi connectivity index (χ2v) is 19.3. The molecule has 4 heterocycles. The molecular weight excluding hydrogens is 612 g/mol. The molecule has 0 aliphatic carbocycles. The maximum atomic E-state index is 14.3. The van der Waals surface area contributed by atoms with Crippen LogP contribution in [0.5, 0.6) is 0 Å². The highest BCUT2D eigenvalue weighted by Crippen LogP contribution is 2.25. The first-order valence-electron chi connectivity index (χ1n) is 16.2. The van der Waals surface area contributed by atoms with Crippen molar-refractivity contribution in [1.82, 2.24) is 24.2 Å². The van der Waals surface area contributed by atoms with Crippen LogP contribution in [0, 0.1) is 0 Å². The Hall–Kier alpha value is -3.43. The predicted octanol–water partition coefficient (Wildman–Crippen LogP) is 3.38. The highest BCUT2D eigenvalue weighted by molar-refractivity contribution is 6.76. The van der Waals surface area contributed by atoms with E-state index < -0.39 is 13.7 Å². The number of aromatic nitrogens is 4. The average Bonchev–Trinajstić information content (AvgIpc) is 3.44. The number of anilines is 1. The van der Waals surface area contributed by atoms with Crippen molar-refractivity contribution in [3.8, 4) is 0 Å². The van der Waals surface area contributed by atoms with Crippen LogP contribution in [0.1, 0.15) is 58.5 Å². The van der Waals surface area contributed by atoms with Crippen LogP contribution in [-0.4, -0.2) is 109 Å². The number of hydrogen-bond acceptors (Lipinski definition) is 11. The Morgan fingerprint density at radius 2 is 1.85 bits per heavy atom. The summed E-state index contributed by atoms with van der Waals surface area (Å²) in [4.78, 5) is 53.9. The third kappa shape index (κ3) is 9.55. The minimum absolute atomic E-state index is 0.0571. The average molecular weight is 663 g/mol. The zero-order chi connectivity index (χ0) is 33.5. The molecule has 2 aliphatic rings. The Morgan fingerprint density at radius 3 is 2.48 bits per heavy atom. The highest BCUT2D eigenvalue weighted by atomic mass is 28.3. The van der Waals surface area contributed by atoms with Crippen LogP contribution in [0.25, 0.3) is 11.4 Å². The summed E-state index contributed by atoms with van der Waals surface area (Å²) in [5.74, 6) is 0.349. The molecule has 2 aromatic heterocycles. The van der Waals surface area contributed by atoms with Crippen LogP contribution in [0.4, 0.5) is 10.5 Å². The summed E-state index contributed by atoms with van der Waals surface area (Å²) in [7, 11) is -1.32. The number of hydrogen-bond donors (Lipinski definition) is 0. The van der Waals surface area contributed by atoms with E-state index in [0.29, 0.717) is 89.1 Å². The molecule has 0 atom stereocenters. The van der Waals surface area contributed by atoms with Gasteiger partial charge in [0.2, 0.25) is 6.79 Å². The Labute approximate surface area is 271 Å². The van der Waals surface area contributed by atoms with Crippen LogP contribution < -0.4 is 15.3 Å². The quantitative estimate of drug-likeness (QED) is 0.135. The SMILES string of the molecule is CCOC(=O)CCCc1c(N2CCN(C(=O)OC(C)(C)C)CC2)c(=O)n2nc(C3=CCOCC3)nc2n1OCOCC[Si](C)(C)C. The minimum Gasteiger partial charge on any atom is -0.466 e. The lowest BCUT2D eigenvalue weighted by Gasteiger charge is -2.37. The first-order valence-corrected chi connectivity index (χ1v) is 19.9. The van der Waals surface area contributed by atoms with Gasteiger partial charge in [-0.2, -0.15) is 9.50 Å². The molecule has 14 nitrogen and oxygen atoms in total. The van der Waals surface area contributed by atoms with Gasteiger partial charge >= 0.3 is 12.1 Å². The molecule has 1 fully saturated rings. The van der Waals surface area contributed by atoms with Crippen LogP contribution in [0.2, 0.25) is 25.7 Å².